The molecule has 2 N–H and O–H groups in total. The van der Waals surface area contributed by atoms with Crippen LogP contribution in [0.15, 0.2) is 42.9 Å². The largest absolute Gasteiger partial charge is 0.491 e. The van der Waals surface area contributed by atoms with Crippen LogP contribution < -0.4 is 15.0 Å². The topological polar surface area (TPSA) is 70.5 Å². The van der Waals surface area contributed by atoms with Gasteiger partial charge in [0.2, 0.25) is 0 Å². The summed E-state index contributed by atoms with van der Waals surface area (Å²) < 4.78 is 17.3. The fourth-order valence-electron chi connectivity index (χ4n) is 2.95. The number of hydrogen-bond donors (Lipinski definition) is 2. The summed E-state index contributed by atoms with van der Waals surface area (Å²) in [6, 6.07) is 7.52. The molecule has 1 aromatic heterocycles. The summed E-state index contributed by atoms with van der Waals surface area (Å²) in [5.74, 6) is 1.46. The average Bonchev–Trinajstić information content (AvgIpc) is 3.04. The van der Waals surface area contributed by atoms with E-state index in [0.29, 0.717) is 31.8 Å². The molecule has 0 radical (unpaired) electrons. The van der Waals surface area contributed by atoms with Crippen LogP contribution in [0.4, 0.5) is 10.2 Å². The van der Waals surface area contributed by atoms with E-state index in [-0.39, 0.29) is 6.61 Å². The lowest BCUT2D eigenvalue weighted by Gasteiger charge is -2.24. The van der Waals surface area contributed by atoms with Crippen LogP contribution in [-0.4, -0.2) is 53.6 Å². The Morgan fingerprint density at radius 2 is 2.12 bits per heavy atom. The van der Waals surface area contributed by atoms with Crippen LogP contribution in [0.2, 0.25) is 0 Å². The van der Waals surface area contributed by atoms with Gasteiger partial charge >= 0.3 is 0 Å². The third-order valence-corrected chi connectivity index (χ3v) is 4.26. The average molecular weight is 346 g/mol. The van der Waals surface area contributed by atoms with E-state index in [1.54, 1.807) is 18.6 Å². The molecule has 1 fully saturated rings. The van der Waals surface area contributed by atoms with Gasteiger partial charge in [-0.2, -0.15) is 0 Å². The number of aromatic nitrogens is 2. The summed E-state index contributed by atoms with van der Waals surface area (Å²) in [5, 5.41) is 14.0. The smallest absolute Gasteiger partial charge is 0.147 e. The van der Waals surface area contributed by atoms with E-state index < -0.39 is 12.3 Å². The second kappa shape index (κ2) is 8.22. The number of benzene rings is 1. The zero-order chi connectivity index (χ0) is 17.5. The van der Waals surface area contributed by atoms with Crippen molar-refractivity contribution in [3.05, 3.63) is 48.4 Å². The first-order valence-corrected chi connectivity index (χ1v) is 8.40. The van der Waals surface area contributed by atoms with Gasteiger partial charge in [0, 0.05) is 38.6 Å². The molecule has 3 rings (SSSR count). The van der Waals surface area contributed by atoms with E-state index in [1.807, 2.05) is 29.2 Å². The predicted octanol–water partition coefficient (Wildman–Crippen LogP) is 1.56. The molecule has 2 aromatic rings. The van der Waals surface area contributed by atoms with Crippen LogP contribution in [0.1, 0.15) is 12.0 Å². The molecule has 1 saturated heterocycles. The monoisotopic (exact) mass is 346 g/mol. The Balaban J connectivity index is 1.45. The number of aliphatic hydroxyl groups is 1. The molecule has 0 amide bonds. The van der Waals surface area contributed by atoms with Crippen molar-refractivity contribution < 1.29 is 14.2 Å². The number of rotatable bonds is 8. The first-order valence-electron chi connectivity index (χ1n) is 8.40. The molecule has 1 atom stereocenters. The van der Waals surface area contributed by atoms with Crippen molar-refractivity contribution in [2.45, 2.75) is 18.6 Å². The van der Waals surface area contributed by atoms with Gasteiger partial charge in [-0.15, -0.1) is 0 Å². The normalized spacial score (nSPS) is 20.0. The van der Waals surface area contributed by atoms with Crippen LogP contribution in [0.5, 0.6) is 5.75 Å². The molecule has 1 aliphatic rings. The van der Waals surface area contributed by atoms with E-state index >= 15 is 0 Å². The first kappa shape index (κ1) is 17.6. The van der Waals surface area contributed by atoms with Crippen molar-refractivity contribution in [3.63, 3.8) is 0 Å². The van der Waals surface area contributed by atoms with Crippen molar-refractivity contribution in [1.29, 1.82) is 0 Å². The molecule has 0 bridgehead atoms. The Morgan fingerprint density at radius 1 is 1.28 bits per heavy atom. The van der Waals surface area contributed by atoms with E-state index in [9.17, 15) is 9.50 Å². The highest BCUT2D eigenvalue weighted by Crippen LogP contribution is 2.24. The van der Waals surface area contributed by atoms with E-state index in [4.69, 9.17) is 4.74 Å². The second-order valence-corrected chi connectivity index (χ2v) is 6.24. The van der Waals surface area contributed by atoms with Gasteiger partial charge in [-0.05, 0) is 24.1 Å². The van der Waals surface area contributed by atoms with Crippen molar-refractivity contribution in [2.24, 2.45) is 0 Å². The molecule has 1 unspecified atom stereocenters. The van der Waals surface area contributed by atoms with Gasteiger partial charge in [0.05, 0.1) is 11.8 Å². The highest BCUT2D eigenvalue weighted by atomic mass is 19.1. The fourth-order valence-corrected chi connectivity index (χ4v) is 2.95. The first-order chi connectivity index (χ1) is 12.2. The minimum atomic E-state index is -0.776. The summed E-state index contributed by atoms with van der Waals surface area (Å²) in [7, 11) is 0. The maximum absolute atomic E-state index is 12.1. The van der Waals surface area contributed by atoms with Crippen LogP contribution in [-0.2, 0) is 6.54 Å². The van der Waals surface area contributed by atoms with Gasteiger partial charge in [0.25, 0.3) is 0 Å². The third kappa shape index (κ3) is 4.87. The molecule has 25 heavy (non-hydrogen) atoms. The number of nitrogens with one attached hydrogen (secondary N) is 1. The quantitative estimate of drug-likeness (QED) is 0.756. The van der Waals surface area contributed by atoms with Gasteiger partial charge in [-0.25, -0.2) is 9.37 Å². The lowest BCUT2D eigenvalue weighted by Crippen LogP contribution is -2.43. The molecule has 6 nitrogen and oxygen atoms in total. The number of hydrogen-bond acceptors (Lipinski definition) is 6. The minimum Gasteiger partial charge on any atom is -0.491 e. The second-order valence-electron chi connectivity index (χ2n) is 6.24. The highest BCUT2D eigenvalue weighted by Gasteiger charge is 2.36. The molecule has 7 heteroatoms. The Hall–Kier alpha value is -2.25. The number of alkyl halides is 1. The molecular weight excluding hydrogens is 323 g/mol. The number of β-amino-alcohol motifs (C(OH)–C–C–N with tert-alkyl or cyclic N) is 1. The minimum absolute atomic E-state index is 0.0763. The van der Waals surface area contributed by atoms with E-state index in [1.165, 1.54) is 0 Å². The molecule has 134 valence electrons. The maximum atomic E-state index is 12.1. The van der Waals surface area contributed by atoms with Crippen LogP contribution in [0, 0.1) is 0 Å². The number of anilines is 1. The highest BCUT2D eigenvalue weighted by molar-refractivity contribution is 5.38. The molecule has 0 saturated carbocycles. The van der Waals surface area contributed by atoms with Gasteiger partial charge in [-0.1, -0.05) is 12.1 Å². The summed E-state index contributed by atoms with van der Waals surface area (Å²) in [6.45, 7) is 2.04. The van der Waals surface area contributed by atoms with Gasteiger partial charge in [-0.3, -0.25) is 4.98 Å². The van der Waals surface area contributed by atoms with Crippen molar-refractivity contribution >= 4 is 5.82 Å². The standard InChI is InChI=1S/C18H23FN4O2/c19-6-10-25-16-3-1-15(2-4-16)11-21-13-18(24)5-9-23(14-18)17-12-20-7-8-22-17/h1-4,7-8,12,21,24H,5-6,9-11,13-14H2. The number of nitrogens with zero attached hydrogens (tertiary/aromatic N) is 3. The Labute approximate surface area is 146 Å². The number of ether oxygens (including phenoxy) is 1. The van der Waals surface area contributed by atoms with Gasteiger partial charge in [0.15, 0.2) is 0 Å². The third-order valence-electron chi connectivity index (χ3n) is 4.26. The van der Waals surface area contributed by atoms with Gasteiger partial charge < -0.3 is 20.1 Å². The van der Waals surface area contributed by atoms with E-state index in [0.717, 1.165) is 17.9 Å². The molecule has 0 aliphatic carbocycles. The molecule has 1 aromatic carbocycles. The Kier molecular flexibility index (Phi) is 5.78. The number of halogens is 1. The van der Waals surface area contributed by atoms with Crippen LogP contribution in [0.3, 0.4) is 0 Å². The van der Waals surface area contributed by atoms with Crippen molar-refractivity contribution in [3.8, 4) is 5.75 Å². The lowest BCUT2D eigenvalue weighted by molar-refractivity contribution is 0.0626. The summed E-state index contributed by atoms with van der Waals surface area (Å²) >= 11 is 0. The van der Waals surface area contributed by atoms with Crippen molar-refractivity contribution in [2.75, 3.05) is 37.8 Å². The Morgan fingerprint density at radius 3 is 2.84 bits per heavy atom. The van der Waals surface area contributed by atoms with Crippen LogP contribution in [0.25, 0.3) is 0 Å². The molecular formula is C18H23FN4O2. The zero-order valence-corrected chi connectivity index (χ0v) is 14.1. The maximum Gasteiger partial charge on any atom is 0.147 e. The van der Waals surface area contributed by atoms with E-state index in [2.05, 4.69) is 15.3 Å². The SMILES string of the molecule is OC1(CNCc2ccc(OCCF)cc2)CCN(c2cnccn2)C1. The fraction of sp³-hybridized carbons (Fsp3) is 0.444. The van der Waals surface area contributed by atoms with Gasteiger partial charge in [0.1, 0.15) is 24.8 Å². The molecule has 2 heterocycles. The Bertz CT molecular complexity index is 656. The summed E-state index contributed by atoms with van der Waals surface area (Å²) in [4.78, 5) is 10.4. The summed E-state index contributed by atoms with van der Waals surface area (Å²) in [5.41, 5.74) is 0.307. The molecule has 0 spiro atoms. The zero-order valence-electron chi connectivity index (χ0n) is 14.1. The predicted molar refractivity (Wildman–Crippen MR) is 93.4 cm³/mol. The summed E-state index contributed by atoms with van der Waals surface area (Å²) in [6.07, 6.45) is 5.70. The molecule has 1 aliphatic heterocycles. The van der Waals surface area contributed by atoms with Crippen molar-refractivity contribution in [1.82, 2.24) is 15.3 Å². The lowest BCUT2D eigenvalue weighted by atomic mass is 10.0. The van der Waals surface area contributed by atoms with Crippen LogP contribution >= 0.6 is 0 Å².